The van der Waals surface area contributed by atoms with E-state index in [4.69, 9.17) is 21.1 Å². The van der Waals surface area contributed by atoms with Crippen LogP contribution in [0.1, 0.15) is 32.1 Å². The number of halogens is 1. The van der Waals surface area contributed by atoms with E-state index in [1.807, 2.05) is 0 Å². The first-order valence-corrected chi connectivity index (χ1v) is 6.14. The number of carbonyl (C=O) groups excluding carboxylic acids is 1. The molecule has 1 fully saturated rings. The van der Waals surface area contributed by atoms with Crippen LogP contribution in [0, 0.1) is 0 Å². The van der Waals surface area contributed by atoms with Gasteiger partial charge in [0, 0.05) is 7.11 Å². The van der Waals surface area contributed by atoms with Crippen LogP contribution in [0.4, 0.5) is 0 Å². The molecular weight excluding hydrogens is 232 g/mol. The number of methoxy groups -OCH3 is 1. The number of rotatable bonds is 5. The molecule has 0 radical (unpaired) electrons. The topological polar surface area (TPSA) is 55.8 Å². The molecule has 1 saturated carbocycles. The zero-order valence-corrected chi connectivity index (χ0v) is 10.3. The van der Waals surface area contributed by atoms with Gasteiger partial charge in [-0.1, -0.05) is 6.42 Å². The van der Waals surface area contributed by atoms with Gasteiger partial charge in [-0.05, 0) is 25.7 Å². The second-order valence-corrected chi connectivity index (χ2v) is 4.47. The van der Waals surface area contributed by atoms with Crippen molar-refractivity contribution in [1.82, 2.24) is 0 Å². The Labute approximate surface area is 101 Å². The quantitative estimate of drug-likeness (QED) is 0.593. The van der Waals surface area contributed by atoms with Crippen LogP contribution in [0.5, 0.6) is 0 Å². The predicted molar refractivity (Wildman–Crippen MR) is 60.5 cm³/mol. The van der Waals surface area contributed by atoms with Gasteiger partial charge in [0.2, 0.25) is 0 Å². The standard InChI is InChI=1S/C11H19ClO4/c1-15-11(5-3-2-4-6-11)10(14)16-8-9(13)7-12/h9,13H,2-8H2,1H3. The molecule has 1 atom stereocenters. The Hall–Kier alpha value is -0.320. The lowest BCUT2D eigenvalue weighted by atomic mass is 9.84. The first-order chi connectivity index (χ1) is 7.64. The van der Waals surface area contributed by atoms with Gasteiger partial charge in [-0.25, -0.2) is 4.79 Å². The van der Waals surface area contributed by atoms with Crippen LogP contribution >= 0.6 is 11.6 Å². The Bertz CT molecular complexity index is 226. The third kappa shape index (κ3) is 3.34. The molecule has 0 aromatic heterocycles. The summed E-state index contributed by atoms with van der Waals surface area (Å²) < 4.78 is 10.3. The summed E-state index contributed by atoms with van der Waals surface area (Å²) in [5.74, 6) is -0.313. The van der Waals surface area contributed by atoms with E-state index in [1.165, 1.54) is 7.11 Å². The van der Waals surface area contributed by atoms with Crippen molar-refractivity contribution in [2.75, 3.05) is 19.6 Å². The lowest BCUT2D eigenvalue weighted by Gasteiger charge is -2.33. The van der Waals surface area contributed by atoms with E-state index in [1.54, 1.807) is 0 Å². The van der Waals surface area contributed by atoms with Crippen LogP contribution in [0.25, 0.3) is 0 Å². The van der Waals surface area contributed by atoms with Gasteiger partial charge in [-0.15, -0.1) is 11.6 Å². The van der Waals surface area contributed by atoms with Crippen molar-refractivity contribution < 1.29 is 19.4 Å². The number of esters is 1. The molecule has 1 aliphatic carbocycles. The summed E-state index contributed by atoms with van der Waals surface area (Å²) in [7, 11) is 1.53. The summed E-state index contributed by atoms with van der Waals surface area (Å²) >= 11 is 5.42. The molecule has 0 bridgehead atoms. The minimum Gasteiger partial charge on any atom is -0.461 e. The summed E-state index contributed by atoms with van der Waals surface area (Å²) in [4.78, 5) is 11.9. The second-order valence-electron chi connectivity index (χ2n) is 4.17. The minimum absolute atomic E-state index is 0.0621. The molecule has 5 heteroatoms. The molecule has 0 heterocycles. The van der Waals surface area contributed by atoms with E-state index in [9.17, 15) is 9.90 Å². The van der Waals surface area contributed by atoms with Crippen LogP contribution in [-0.2, 0) is 14.3 Å². The highest BCUT2D eigenvalue weighted by Gasteiger charge is 2.41. The average Bonchev–Trinajstić information content (AvgIpc) is 2.36. The number of aliphatic hydroxyl groups excluding tert-OH is 1. The third-order valence-electron chi connectivity index (χ3n) is 3.01. The number of aliphatic hydroxyl groups is 1. The van der Waals surface area contributed by atoms with Gasteiger partial charge >= 0.3 is 5.97 Å². The van der Waals surface area contributed by atoms with Crippen molar-refractivity contribution in [3.05, 3.63) is 0 Å². The Kier molecular flexibility index (Phi) is 5.52. The molecule has 1 aliphatic rings. The lowest BCUT2D eigenvalue weighted by molar-refractivity contribution is -0.175. The zero-order valence-electron chi connectivity index (χ0n) is 9.58. The highest BCUT2D eigenvalue weighted by molar-refractivity contribution is 6.18. The van der Waals surface area contributed by atoms with Gasteiger partial charge in [0.1, 0.15) is 12.7 Å². The van der Waals surface area contributed by atoms with E-state index in [2.05, 4.69) is 0 Å². The Morgan fingerprint density at radius 2 is 2.06 bits per heavy atom. The molecule has 4 nitrogen and oxygen atoms in total. The average molecular weight is 251 g/mol. The van der Waals surface area contributed by atoms with E-state index in [-0.39, 0.29) is 18.5 Å². The Morgan fingerprint density at radius 1 is 1.44 bits per heavy atom. The van der Waals surface area contributed by atoms with Gasteiger partial charge in [-0.2, -0.15) is 0 Å². The molecule has 0 aromatic carbocycles. The van der Waals surface area contributed by atoms with Gasteiger partial charge in [0.25, 0.3) is 0 Å². The molecule has 0 spiro atoms. The number of ether oxygens (including phenoxy) is 2. The molecule has 0 aliphatic heterocycles. The van der Waals surface area contributed by atoms with Gasteiger partial charge in [0.05, 0.1) is 5.88 Å². The molecule has 1 unspecified atom stereocenters. The largest absolute Gasteiger partial charge is 0.461 e. The predicted octanol–water partition coefficient (Wildman–Crippen LogP) is 1.48. The maximum absolute atomic E-state index is 11.9. The maximum atomic E-state index is 11.9. The van der Waals surface area contributed by atoms with E-state index < -0.39 is 11.7 Å². The van der Waals surface area contributed by atoms with Gasteiger partial charge < -0.3 is 14.6 Å². The van der Waals surface area contributed by atoms with Crippen LogP contribution in [0.3, 0.4) is 0 Å². The third-order valence-corrected chi connectivity index (χ3v) is 3.37. The van der Waals surface area contributed by atoms with Crippen molar-refractivity contribution >= 4 is 17.6 Å². The van der Waals surface area contributed by atoms with Crippen LogP contribution in [0.15, 0.2) is 0 Å². The number of alkyl halides is 1. The van der Waals surface area contributed by atoms with Crippen molar-refractivity contribution in [3.63, 3.8) is 0 Å². The van der Waals surface area contributed by atoms with Crippen molar-refractivity contribution in [2.45, 2.75) is 43.8 Å². The molecule has 94 valence electrons. The second kappa shape index (κ2) is 6.42. The van der Waals surface area contributed by atoms with Crippen molar-refractivity contribution in [2.24, 2.45) is 0 Å². The summed E-state index contributed by atoms with van der Waals surface area (Å²) in [6, 6.07) is 0. The molecular formula is C11H19ClO4. The normalized spacial score (nSPS) is 21.4. The fourth-order valence-corrected chi connectivity index (χ4v) is 2.05. The zero-order chi connectivity index (χ0) is 12.0. The number of hydrogen-bond acceptors (Lipinski definition) is 4. The smallest absolute Gasteiger partial charge is 0.338 e. The fourth-order valence-electron chi connectivity index (χ4n) is 1.96. The van der Waals surface area contributed by atoms with Crippen LogP contribution in [0.2, 0.25) is 0 Å². The van der Waals surface area contributed by atoms with E-state index >= 15 is 0 Å². The molecule has 1 N–H and O–H groups in total. The Balaban J connectivity index is 2.48. The molecule has 0 aromatic rings. The van der Waals surface area contributed by atoms with Crippen LogP contribution < -0.4 is 0 Å². The molecule has 0 amide bonds. The summed E-state index contributed by atoms with van der Waals surface area (Å²) in [5, 5.41) is 9.21. The molecule has 16 heavy (non-hydrogen) atoms. The van der Waals surface area contributed by atoms with Gasteiger partial charge in [-0.3, -0.25) is 0 Å². The SMILES string of the molecule is COC1(C(=O)OCC(O)CCl)CCCCC1. The summed E-state index contributed by atoms with van der Waals surface area (Å²) in [6.07, 6.45) is 3.66. The summed E-state index contributed by atoms with van der Waals surface area (Å²) in [5.41, 5.74) is -0.801. The first kappa shape index (κ1) is 13.7. The van der Waals surface area contributed by atoms with Crippen LogP contribution in [-0.4, -0.2) is 42.4 Å². The fraction of sp³-hybridized carbons (Fsp3) is 0.909. The number of carbonyl (C=O) groups is 1. The summed E-state index contributed by atoms with van der Waals surface area (Å²) in [6.45, 7) is -0.0621. The minimum atomic E-state index is -0.803. The van der Waals surface area contributed by atoms with Gasteiger partial charge in [0.15, 0.2) is 5.60 Å². The van der Waals surface area contributed by atoms with Crippen molar-refractivity contribution in [3.8, 4) is 0 Å². The highest BCUT2D eigenvalue weighted by atomic mass is 35.5. The highest BCUT2D eigenvalue weighted by Crippen LogP contribution is 2.32. The van der Waals surface area contributed by atoms with E-state index in [0.717, 1.165) is 19.3 Å². The molecule has 1 rings (SSSR count). The molecule has 0 saturated heterocycles. The lowest BCUT2D eigenvalue weighted by Crippen LogP contribution is -2.44. The van der Waals surface area contributed by atoms with Crippen molar-refractivity contribution in [1.29, 1.82) is 0 Å². The monoisotopic (exact) mass is 250 g/mol. The number of hydrogen-bond donors (Lipinski definition) is 1. The first-order valence-electron chi connectivity index (χ1n) is 5.61. The maximum Gasteiger partial charge on any atom is 0.338 e. The van der Waals surface area contributed by atoms with E-state index in [0.29, 0.717) is 12.8 Å². The Morgan fingerprint density at radius 3 is 2.56 bits per heavy atom.